The monoisotopic (exact) mass is 253 g/mol. The van der Waals surface area contributed by atoms with Gasteiger partial charge in [-0.25, -0.2) is 4.98 Å². The molecule has 0 saturated carbocycles. The molecule has 82 valence electrons. The number of pyridine rings is 1. The van der Waals surface area contributed by atoms with Gasteiger partial charge in [0.2, 0.25) is 0 Å². The van der Waals surface area contributed by atoms with Gasteiger partial charge in [-0.1, -0.05) is 35.3 Å². The van der Waals surface area contributed by atoms with Gasteiger partial charge in [-0.3, -0.25) is 0 Å². The van der Waals surface area contributed by atoms with Crippen molar-refractivity contribution < 1.29 is 4.74 Å². The fraction of sp³-hybridized carbons (Fsp3) is 0.0833. The summed E-state index contributed by atoms with van der Waals surface area (Å²) >= 11 is 11.7. The standard InChI is InChI=1S/C12H9Cl2NO/c13-10-4-1-5-11(7-10)16-8-9-3-2-6-15-12(9)14/h1-7H,8H2. The summed E-state index contributed by atoms with van der Waals surface area (Å²) in [6.45, 7) is 0.382. The summed E-state index contributed by atoms with van der Waals surface area (Å²) in [5.41, 5.74) is 0.851. The van der Waals surface area contributed by atoms with E-state index in [1.807, 2.05) is 24.3 Å². The van der Waals surface area contributed by atoms with Crippen molar-refractivity contribution >= 4 is 23.2 Å². The zero-order valence-electron chi connectivity index (χ0n) is 8.36. The van der Waals surface area contributed by atoms with E-state index in [1.165, 1.54) is 0 Å². The zero-order chi connectivity index (χ0) is 11.4. The minimum Gasteiger partial charge on any atom is -0.489 e. The van der Waals surface area contributed by atoms with Gasteiger partial charge < -0.3 is 4.74 Å². The van der Waals surface area contributed by atoms with E-state index >= 15 is 0 Å². The molecule has 0 aliphatic heterocycles. The van der Waals surface area contributed by atoms with Gasteiger partial charge in [-0.15, -0.1) is 0 Å². The van der Waals surface area contributed by atoms with Crippen LogP contribution in [0.25, 0.3) is 0 Å². The molecule has 0 saturated heterocycles. The molecular formula is C12H9Cl2NO. The smallest absolute Gasteiger partial charge is 0.135 e. The number of hydrogen-bond donors (Lipinski definition) is 0. The highest BCUT2D eigenvalue weighted by atomic mass is 35.5. The van der Waals surface area contributed by atoms with Crippen molar-refractivity contribution in [1.82, 2.24) is 4.98 Å². The van der Waals surface area contributed by atoms with E-state index in [4.69, 9.17) is 27.9 Å². The zero-order valence-corrected chi connectivity index (χ0v) is 9.87. The topological polar surface area (TPSA) is 22.1 Å². The van der Waals surface area contributed by atoms with Crippen LogP contribution in [0.3, 0.4) is 0 Å². The van der Waals surface area contributed by atoms with E-state index in [-0.39, 0.29) is 0 Å². The van der Waals surface area contributed by atoms with Gasteiger partial charge in [0, 0.05) is 16.8 Å². The van der Waals surface area contributed by atoms with E-state index in [2.05, 4.69) is 4.98 Å². The summed E-state index contributed by atoms with van der Waals surface area (Å²) in [6.07, 6.45) is 1.64. The second-order valence-electron chi connectivity index (χ2n) is 3.20. The molecule has 0 radical (unpaired) electrons. The van der Waals surface area contributed by atoms with Crippen LogP contribution in [-0.2, 0) is 6.61 Å². The molecule has 0 unspecified atom stereocenters. The molecule has 16 heavy (non-hydrogen) atoms. The van der Waals surface area contributed by atoms with Crippen molar-refractivity contribution in [1.29, 1.82) is 0 Å². The Balaban J connectivity index is 2.05. The lowest BCUT2D eigenvalue weighted by molar-refractivity contribution is 0.306. The maximum atomic E-state index is 5.90. The van der Waals surface area contributed by atoms with Crippen LogP contribution in [0.1, 0.15) is 5.56 Å². The fourth-order valence-electron chi connectivity index (χ4n) is 1.24. The molecule has 1 aromatic heterocycles. The van der Waals surface area contributed by atoms with E-state index in [0.29, 0.717) is 22.5 Å². The van der Waals surface area contributed by atoms with Gasteiger partial charge in [0.1, 0.15) is 17.5 Å². The normalized spacial score (nSPS) is 10.1. The van der Waals surface area contributed by atoms with Crippen molar-refractivity contribution in [2.24, 2.45) is 0 Å². The second-order valence-corrected chi connectivity index (χ2v) is 3.99. The van der Waals surface area contributed by atoms with Gasteiger partial charge in [0.25, 0.3) is 0 Å². The Kier molecular flexibility index (Phi) is 3.65. The summed E-state index contributed by atoms with van der Waals surface area (Å²) in [5, 5.41) is 1.11. The predicted molar refractivity (Wildman–Crippen MR) is 65.0 cm³/mol. The molecule has 2 nitrogen and oxygen atoms in total. The first-order chi connectivity index (χ1) is 7.75. The van der Waals surface area contributed by atoms with Crippen molar-refractivity contribution in [2.75, 3.05) is 0 Å². The van der Waals surface area contributed by atoms with Crippen LogP contribution >= 0.6 is 23.2 Å². The third-order valence-electron chi connectivity index (χ3n) is 2.03. The van der Waals surface area contributed by atoms with Crippen LogP contribution in [0, 0.1) is 0 Å². The van der Waals surface area contributed by atoms with Crippen LogP contribution in [0.4, 0.5) is 0 Å². The SMILES string of the molecule is Clc1cccc(OCc2cccnc2Cl)c1. The minimum atomic E-state index is 0.382. The number of rotatable bonds is 3. The summed E-state index contributed by atoms with van der Waals surface area (Å²) in [7, 11) is 0. The summed E-state index contributed by atoms with van der Waals surface area (Å²) in [5.74, 6) is 0.715. The fourth-order valence-corrected chi connectivity index (χ4v) is 1.60. The van der Waals surface area contributed by atoms with E-state index in [9.17, 15) is 0 Å². The minimum absolute atomic E-state index is 0.382. The number of aromatic nitrogens is 1. The van der Waals surface area contributed by atoms with Gasteiger partial charge in [0.15, 0.2) is 0 Å². The average Bonchev–Trinajstić information content (AvgIpc) is 2.28. The molecule has 0 fully saturated rings. The van der Waals surface area contributed by atoms with Crippen molar-refractivity contribution in [3.63, 3.8) is 0 Å². The van der Waals surface area contributed by atoms with E-state index in [0.717, 1.165) is 5.56 Å². The molecule has 0 spiro atoms. The Hall–Kier alpha value is -1.25. The van der Waals surface area contributed by atoms with Gasteiger partial charge >= 0.3 is 0 Å². The lowest BCUT2D eigenvalue weighted by Gasteiger charge is -2.07. The van der Waals surface area contributed by atoms with Crippen LogP contribution < -0.4 is 4.74 Å². The van der Waals surface area contributed by atoms with Gasteiger partial charge in [-0.05, 0) is 24.3 Å². The Morgan fingerprint density at radius 2 is 2.00 bits per heavy atom. The molecule has 1 heterocycles. The third kappa shape index (κ3) is 2.87. The average molecular weight is 254 g/mol. The number of nitrogens with zero attached hydrogens (tertiary/aromatic N) is 1. The predicted octanol–water partition coefficient (Wildman–Crippen LogP) is 3.97. The molecule has 0 amide bonds. The Bertz CT molecular complexity index is 488. The highest BCUT2D eigenvalue weighted by molar-refractivity contribution is 6.30. The summed E-state index contributed by atoms with van der Waals surface area (Å²) in [4.78, 5) is 3.97. The molecule has 0 aliphatic rings. The molecule has 1 aromatic carbocycles. The lowest BCUT2D eigenvalue weighted by Crippen LogP contribution is -1.96. The van der Waals surface area contributed by atoms with Gasteiger partial charge in [0.05, 0.1) is 0 Å². The van der Waals surface area contributed by atoms with Crippen LogP contribution in [0.15, 0.2) is 42.6 Å². The maximum Gasteiger partial charge on any atom is 0.135 e. The van der Waals surface area contributed by atoms with Crippen LogP contribution in [0.2, 0.25) is 10.2 Å². The highest BCUT2D eigenvalue weighted by Crippen LogP contribution is 2.19. The Labute approximate surface area is 104 Å². The van der Waals surface area contributed by atoms with Gasteiger partial charge in [-0.2, -0.15) is 0 Å². The van der Waals surface area contributed by atoms with E-state index < -0.39 is 0 Å². The van der Waals surface area contributed by atoms with Crippen molar-refractivity contribution in [3.05, 3.63) is 58.3 Å². The van der Waals surface area contributed by atoms with Crippen LogP contribution in [0.5, 0.6) is 5.75 Å². The van der Waals surface area contributed by atoms with Crippen molar-refractivity contribution in [2.45, 2.75) is 6.61 Å². The third-order valence-corrected chi connectivity index (χ3v) is 2.60. The largest absolute Gasteiger partial charge is 0.489 e. The number of benzene rings is 1. The lowest BCUT2D eigenvalue weighted by atomic mass is 10.3. The maximum absolute atomic E-state index is 5.90. The van der Waals surface area contributed by atoms with Crippen molar-refractivity contribution in [3.8, 4) is 5.75 Å². The summed E-state index contributed by atoms with van der Waals surface area (Å²) in [6, 6.07) is 10.9. The highest BCUT2D eigenvalue weighted by Gasteiger charge is 2.01. The molecule has 0 bridgehead atoms. The molecule has 0 atom stereocenters. The Morgan fingerprint density at radius 1 is 1.12 bits per heavy atom. The summed E-state index contributed by atoms with van der Waals surface area (Å²) < 4.78 is 5.54. The van der Waals surface area contributed by atoms with E-state index in [1.54, 1.807) is 18.3 Å². The molecule has 2 aromatic rings. The number of halogens is 2. The first-order valence-electron chi connectivity index (χ1n) is 4.73. The molecule has 4 heteroatoms. The second kappa shape index (κ2) is 5.19. The number of ether oxygens (including phenoxy) is 1. The first-order valence-corrected chi connectivity index (χ1v) is 5.49. The van der Waals surface area contributed by atoms with Crippen LogP contribution in [-0.4, -0.2) is 4.98 Å². The number of hydrogen-bond acceptors (Lipinski definition) is 2. The molecule has 0 aliphatic carbocycles. The Morgan fingerprint density at radius 3 is 2.75 bits per heavy atom. The molecule has 2 rings (SSSR count). The molecule has 0 N–H and O–H groups in total. The molecular weight excluding hydrogens is 245 g/mol. The quantitative estimate of drug-likeness (QED) is 0.773. The first kappa shape index (κ1) is 11.2.